The van der Waals surface area contributed by atoms with E-state index in [1.165, 1.54) is 22.5 Å². The van der Waals surface area contributed by atoms with E-state index in [4.69, 9.17) is 21.9 Å². The van der Waals surface area contributed by atoms with Gasteiger partial charge < -0.3 is 19.5 Å². The van der Waals surface area contributed by atoms with Gasteiger partial charge in [0.2, 0.25) is 0 Å². The van der Waals surface area contributed by atoms with Crippen molar-refractivity contribution in [3.8, 4) is 0 Å². The van der Waals surface area contributed by atoms with Crippen molar-refractivity contribution < 1.29 is 4.74 Å². The third kappa shape index (κ3) is 4.71. The minimum absolute atomic E-state index is 0.00531. The molecule has 5 rings (SSSR count). The lowest BCUT2D eigenvalue weighted by Crippen LogP contribution is -2.42. The topological polar surface area (TPSA) is 58.5 Å². The summed E-state index contributed by atoms with van der Waals surface area (Å²) in [4.78, 5) is 13.8. The number of aryl methyl sites for hydroxylation is 1. The zero-order chi connectivity index (χ0) is 23.5. The second-order valence-electron chi connectivity index (χ2n) is 9.05. The molecule has 1 N–H and O–H groups in total. The van der Waals surface area contributed by atoms with E-state index in [0.717, 1.165) is 56.7 Å². The molecule has 0 saturated carbocycles. The van der Waals surface area contributed by atoms with Crippen molar-refractivity contribution in [2.75, 3.05) is 39.4 Å². The van der Waals surface area contributed by atoms with Gasteiger partial charge in [0, 0.05) is 62.7 Å². The fourth-order valence-electron chi connectivity index (χ4n) is 5.10. The Morgan fingerprint density at radius 1 is 1.09 bits per heavy atom. The number of aromatic nitrogens is 3. The molecule has 0 amide bonds. The summed E-state index contributed by atoms with van der Waals surface area (Å²) in [6.45, 7) is 10.6. The number of hydrogen-bond acceptors (Lipinski definition) is 5. The molecule has 0 aliphatic carbocycles. The van der Waals surface area contributed by atoms with Gasteiger partial charge in [0.1, 0.15) is 0 Å². The lowest BCUT2D eigenvalue weighted by atomic mass is 9.96. The molecule has 2 atom stereocenters. The van der Waals surface area contributed by atoms with Crippen molar-refractivity contribution in [1.82, 2.24) is 29.7 Å². The van der Waals surface area contributed by atoms with E-state index >= 15 is 0 Å². The molecule has 2 unspecified atom stereocenters. The molecule has 8 heteroatoms. The summed E-state index contributed by atoms with van der Waals surface area (Å²) in [7, 11) is 0. The molecule has 2 aliphatic heterocycles. The van der Waals surface area contributed by atoms with Crippen molar-refractivity contribution >= 4 is 17.3 Å². The summed E-state index contributed by atoms with van der Waals surface area (Å²) < 4.78 is 7.91. The summed E-state index contributed by atoms with van der Waals surface area (Å²) in [6.07, 6.45) is 5.62. The molecule has 34 heavy (non-hydrogen) atoms. The first-order valence-electron chi connectivity index (χ1n) is 12.0. The van der Waals surface area contributed by atoms with Crippen LogP contribution in [0.2, 0.25) is 0 Å². The van der Waals surface area contributed by atoms with Gasteiger partial charge in [-0.25, -0.2) is 0 Å². The van der Waals surface area contributed by atoms with E-state index in [-0.39, 0.29) is 12.1 Å². The summed E-state index contributed by atoms with van der Waals surface area (Å²) in [5.41, 5.74) is 6.01. The Labute approximate surface area is 206 Å². The maximum absolute atomic E-state index is 5.88. The van der Waals surface area contributed by atoms with Gasteiger partial charge in [-0.15, -0.1) is 0 Å². The van der Waals surface area contributed by atoms with Crippen LogP contribution < -0.4 is 5.32 Å². The minimum Gasteiger partial charge on any atom is -0.379 e. The molecule has 0 aromatic carbocycles. The van der Waals surface area contributed by atoms with Crippen LogP contribution in [0.3, 0.4) is 0 Å². The van der Waals surface area contributed by atoms with Gasteiger partial charge in [0.25, 0.3) is 0 Å². The zero-order valence-electron chi connectivity index (χ0n) is 19.9. The number of nitrogens with zero attached hydrogens (tertiary/aromatic N) is 5. The Morgan fingerprint density at radius 3 is 2.68 bits per heavy atom. The van der Waals surface area contributed by atoms with Crippen molar-refractivity contribution in [3.63, 3.8) is 0 Å². The standard InChI is InChI=1S/C26H32N6OS/c1-19-16-22(20(2)32(19)18-21-6-5-8-27-17-21)25-24(23-7-3-4-9-28-23)29-26(34)31(25)11-10-30-12-14-33-15-13-30/h3-9,16-17,24-25H,10-15,18H2,1-2H3,(H,29,34). The maximum Gasteiger partial charge on any atom is 0.170 e. The van der Waals surface area contributed by atoms with Gasteiger partial charge in [0.15, 0.2) is 5.11 Å². The van der Waals surface area contributed by atoms with Gasteiger partial charge in [-0.05, 0) is 61.5 Å². The van der Waals surface area contributed by atoms with E-state index in [9.17, 15) is 0 Å². The normalized spacial score (nSPS) is 21.1. The smallest absolute Gasteiger partial charge is 0.170 e. The van der Waals surface area contributed by atoms with E-state index in [0.29, 0.717) is 0 Å². The molecule has 5 heterocycles. The molecule has 2 saturated heterocycles. The Hall–Kier alpha value is -2.81. The lowest BCUT2D eigenvalue weighted by molar-refractivity contribution is 0.0350. The minimum atomic E-state index is 0.00531. The highest BCUT2D eigenvalue weighted by molar-refractivity contribution is 7.80. The number of thiocarbonyl (C=S) groups is 1. The number of ether oxygens (including phenoxy) is 1. The highest BCUT2D eigenvalue weighted by atomic mass is 32.1. The van der Waals surface area contributed by atoms with Crippen LogP contribution in [-0.2, 0) is 11.3 Å². The molecule has 0 bridgehead atoms. The van der Waals surface area contributed by atoms with Crippen LogP contribution in [0, 0.1) is 13.8 Å². The SMILES string of the molecule is Cc1cc(C2C(c3ccccn3)NC(=S)N2CCN2CCOCC2)c(C)n1Cc1cccnc1. The highest BCUT2D eigenvalue weighted by Gasteiger charge is 2.41. The Kier molecular flexibility index (Phi) is 6.89. The van der Waals surface area contributed by atoms with Crippen LogP contribution in [0.25, 0.3) is 0 Å². The van der Waals surface area contributed by atoms with Crippen molar-refractivity contribution in [2.24, 2.45) is 0 Å². The maximum atomic E-state index is 5.88. The second-order valence-corrected chi connectivity index (χ2v) is 9.43. The van der Waals surface area contributed by atoms with Gasteiger partial charge in [-0.3, -0.25) is 14.9 Å². The number of morpholine rings is 1. The van der Waals surface area contributed by atoms with E-state index in [1.807, 2.05) is 36.8 Å². The second kappa shape index (κ2) is 10.2. The van der Waals surface area contributed by atoms with E-state index in [1.54, 1.807) is 0 Å². The van der Waals surface area contributed by atoms with Gasteiger partial charge in [-0.1, -0.05) is 12.1 Å². The van der Waals surface area contributed by atoms with Crippen LogP contribution in [0.4, 0.5) is 0 Å². The highest BCUT2D eigenvalue weighted by Crippen LogP contribution is 2.40. The number of hydrogen-bond donors (Lipinski definition) is 1. The summed E-state index contributed by atoms with van der Waals surface area (Å²) in [5, 5.41) is 4.39. The summed E-state index contributed by atoms with van der Waals surface area (Å²) in [5.74, 6) is 0. The largest absolute Gasteiger partial charge is 0.379 e. The summed E-state index contributed by atoms with van der Waals surface area (Å²) in [6, 6.07) is 12.6. The van der Waals surface area contributed by atoms with Crippen LogP contribution in [0.5, 0.6) is 0 Å². The molecule has 2 aliphatic rings. The third-order valence-electron chi connectivity index (χ3n) is 6.95. The average molecular weight is 477 g/mol. The molecule has 0 radical (unpaired) electrons. The number of nitrogens with one attached hydrogen (secondary N) is 1. The molecule has 2 fully saturated rings. The van der Waals surface area contributed by atoms with Gasteiger partial charge in [-0.2, -0.15) is 0 Å². The van der Waals surface area contributed by atoms with Crippen molar-refractivity contribution in [3.05, 3.63) is 83.2 Å². The van der Waals surface area contributed by atoms with Crippen LogP contribution >= 0.6 is 12.2 Å². The monoisotopic (exact) mass is 476 g/mol. The quantitative estimate of drug-likeness (QED) is 0.526. The van der Waals surface area contributed by atoms with Crippen LogP contribution in [0.15, 0.2) is 55.0 Å². The predicted molar refractivity (Wildman–Crippen MR) is 137 cm³/mol. The number of rotatable bonds is 7. The zero-order valence-corrected chi connectivity index (χ0v) is 20.7. The molecule has 3 aromatic rings. The van der Waals surface area contributed by atoms with Crippen molar-refractivity contribution in [1.29, 1.82) is 0 Å². The molecular weight excluding hydrogens is 444 g/mol. The molecule has 178 valence electrons. The first kappa shape index (κ1) is 23.0. The molecular formula is C26H32N6OS. The third-order valence-corrected chi connectivity index (χ3v) is 7.31. The lowest BCUT2D eigenvalue weighted by Gasteiger charge is -2.32. The van der Waals surface area contributed by atoms with Crippen LogP contribution in [0.1, 0.15) is 40.3 Å². The Bertz CT molecular complexity index is 1110. The first-order valence-corrected chi connectivity index (χ1v) is 12.4. The fourth-order valence-corrected chi connectivity index (χ4v) is 5.44. The van der Waals surface area contributed by atoms with E-state index in [2.05, 4.69) is 56.7 Å². The van der Waals surface area contributed by atoms with Crippen LogP contribution in [-0.4, -0.2) is 68.8 Å². The molecule has 0 spiro atoms. The number of pyridine rings is 2. The van der Waals surface area contributed by atoms with Gasteiger partial charge >= 0.3 is 0 Å². The Morgan fingerprint density at radius 2 is 1.94 bits per heavy atom. The first-order chi connectivity index (χ1) is 16.6. The predicted octanol–water partition coefficient (Wildman–Crippen LogP) is 3.25. The fraction of sp³-hybridized carbons (Fsp3) is 0.423. The average Bonchev–Trinajstić information content (AvgIpc) is 3.35. The molecule has 7 nitrogen and oxygen atoms in total. The van der Waals surface area contributed by atoms with Crippen molar-refractivity contribution in [2.45, 2.75) is 32.5 Å². The Balaban J connectivity index is 1.47. The van der Waals surface area contributed by atoms with E-state index < -0.39 is 0 Å². The summed E-state index contributed by atoms with van der Waals surface area (Å²) >= 11 is 5.88. The van der Waals surface area contributed by atoms with Gasteiger partial charge in [0.05, 0.1) is 31.0 Å². The molecule has 3 aromatic heterocycles.